The molecule has 1 heterocycles. The van der Waals surface area contributed by atoms with Gasteiger partial charge in [-0.2, -0.15) is 0 Å². The Hall–Kier alpha value is -1.50. The third-order valence-corrected chi connectivity index (χ3v) is 4.60. The Kier molecular flexibility index (Phi) is 9.91. The normalized spacial score (nSPS) is 18.1. The number of piperidine rings is 1. The number of nitrogens with one attached hydrogen (secondary N) is 2. The summed E-state index contributed by atoms with van der Waals surface area (Å²) in [6.45, 7) is 14.9. The molecule has 1 amide bonds. The molecule has 158 valence electrons. The van der Waals surface area contributed by atoms with E-state index in [1.165, 1.54) is 13.0 Å². The van der Waals surface area contributed by atoms with Crippen molar-refractivity contribution < 1.29 is 9.53 Å². The molecule has 1 aliphatic rings. The number of nitrogens with zero attached hydrogens (tertiary/aromatic N) is 3. The maximum atomic E-state index is 12.1. The quantitative estimate of drug-likeness (QED) is 0.522. The summed E-state index contributed by atoms with van der Waals surface area (Å²) < 4.78 is 5.40. The lowest BCUT2D eigenvalue weighted by atomic mass is 10.1. The van der Waals surface area contributed by atoms with Crippen LogP contribution in [-0.4, -0.2) is 80.3 Å². The second-order valence-corrected chi connectivity index (χ2v) is 8.68. The monoisotopic (exact) mass is 383 g/mol. The first-order chi connectivity index (χ1) is 12.6. The predicted molar refractivity (Wildman–Crippen MR) is 112 cm³/mol. The zero-order chi connectivity index (χ0) is 20.4. The van der Waals surface area contributed by atoms with Crippen LogP contribution in [0, 0.1) is 5.92 Å². The van der Waals surface area contributed by atoms with Crippen molar-refractivity contribution in [3.8, 4) is 0 Å². The van der Waals surface area contributed by atoms with Gasteiger partial charge < -0.3 is 25.2 Å². The summed E-state index contributed by atoms with van der Waals surface area (Å²) in [5, 5.41) is 6.93. The predicted octanol–water partition coefficient (Wildman–Crippen LogP) is 2.53. The van der Waals surface area contributed by atoms with Crippen molar-refractivity contribution in [2.45, 2.75) is 65.5 Å². The van der Waals surface area contributed by atoms with Crippen LogP contribution >= 0.6 is 0 Å². The van der Waals surface area contributed by atoms with E-state index in [-0.39, 0.29) is 12.0 Å². The number of rotatable bonds is 7. The Labute approximate surface area is 165 Å². The summed E-state index contributed by atoms with van der Waals surface area (Å²) in [5.41, 5.74) is -0.467. The fraction of sp³-hybridized carbons (Fsp3) is 0.900. The van der Waals surface area contributed by atoms with Gasteiger partial charge in [0.2, 0.25) is 0 Å². The molecule has 1 unspecified atom stereocenters. The van der Waals surface area contributed by atoms with Crippen LogP contribution in [0.15, 0.2) is 4.99 Å². The first-order valence-electron chi connectivity index (χ1n) is 10.3. The van der Waals surface area contributed by atoms with E-state index in [1.807, 2.05) is 20.8 Å². The largest absolute Gasteiger partial charge is 0.444 e. The van der Waals surface area contributed by atoms with Crippen molar-refractivity contribution in [3.63, 3.8) is 0 Å². The Bertz CT molecular complexity index is 467. The van der Waals surface area contributed by atoms with Crippen molar-refractivity contribution in [1.82, 2.24) is 20.4 Å². The van der Waals surface area contributed by atoms with Gasteiger partial charge in [0.15, 0.2) is 5.96 Å². The zero-order valence-corrected chi connectivity index (χ0v) is 18.5. The summed E-state index contributed by atoms with van der Waals surface area (Å²) in [6.07, 6.45) is 3.24. The minimum atomic E-state index is -0.467. The molecule has 1 fully saturated rings. The Morgan fingerprint density at radius 2 is 1.96 bits per heavy atom. The van der Waals surface area contributed by atoms with Crippen LogP contribution in [0.4, 0.5) is 4.79 Å². The number of amides is 1. The number of carbonyl (C=O) groups is 1. The number of guanidine groups is 1. The van der Waals surface area contributed by atoms with E-state index in [1.54, 1.807) is 19.0 Å². The molecule has 0 saturated carbocycles. The van der Waals surface area contributed by atoms with Gasteiger partial charge in [-0.15, -0.1) is 0 Å². The van der Waals surface area contributed by atoms with Crippen molar-refractivity contribution in [3.05, 3.63) is 0 Å². The van der Waals surface area contributed by atoms with Gasteiger partial charge in [0.25, 0.3) is 0 Å². The highest BCUT2D eigenvalue weighted by molar-refractivity contribution is 5.80. The summed E-state index contributed by atoms with van der Waals surface area (Å²) in [6, 6.07) is 0.476. The zero-order valence-electron chi connectivity index (χ0n) is 18.5. The highest BCUT2D eigenvalue weighted by Gasteiger charge is 2.22. The minimum Gasteiger partial charge on any atom is -0.444 e. The van der Waals surface area contributed by atoms with Gasteiger partial charge in [0, 0.05) is 46.3 Å². The van der Waals surface area contributed by atoms with Crippen LogP contribution in [0.5, 0.6) is 0 Å². The van der Waals surface area contributed by atoms with Gasteiger partial charge in [-0.25, -0.2) is 4.79 Å². The number of ether oxygens (including phenoxy) is 1. The van der Waals surface area contributed by atoms with Crippen molar-refractivity contribution in [2.24, 2.45) is 10.9 Å². The maximum absolute atomic E-state index is 12.1. The maximum Gasteiger partial charge on any atom is 0.410 e. The lowest BCUT2D eigenvalue weighted by molar-refractivity contribution is 0.0278. The molecular formula is C20H41N5O2. The molecule has 0 aromatic carbocycles. The molecule has 0 aromatic rings. The second-order valence-electron chi connectivity index (χ2n) is 8.68. The van der Waals surface area contributed by atoms with E-state index in [4.69, 9.17) is 4.74 Å². The molecule has 0 aromatic heterocycles. The molecule has 1 atom stereocenters. The smallest absolute Gasteiger partial charge is 0.410 e. The second kappa shape index (κ2) is 11.4. The topological polar surface area (TPSA) is 69.2 Å². The number of aliphatic imine (C=N–C) groups is 1. The van der Waals surface area contributed by atoms with Crippen molar-refractivity contribution >= 4 is 12.1 Å². The molecule has 0 bridgehead atoms. The van der Waals surface area contributed by atoms with Gasteiger partial charge >= 0.3 is 6.09 Å². The molecule has 1 aliphatic heterocycles. The third-order valence-electron chi connectivity index (χ3n) is 4.60. The fourth-order valence-corrected chi connectivity index (χ4v) is 3.22. The lowest BCUT2D eigenvalue weighted by Gasteiger charge is -2.33. The summed E-state index contributed by atoms with van der Waals surface area (Å²) in [4.78, 5) is 20.6. The van der Waals surface area contributed by atoms with Crippen molar-refractivity contribution in [2.75, 3.05) is 46.8 Å². The van der Waals surface area contributed by atoms with E-state index in [9.17, 15) is 4.79 Å². The molecule has 7 nitrogen and oxygen atoms in total. The van der Waals surface area contributed by atoms with Crippen LogP contribution in [0.1, 0.15) is 53.9 Å². The van der Waals surface area contributed by atoms with Crippen LogP contribution in [0.3, 0.4) is 0 Å². The molecular weight excluding hydrogens is 342 g/mol. The summed E-state index contributed by atoms with van der Waals surface area (Å²) in [5.74, 6) is 1.13. The van der Waals surface area contributed by atoms with E-state index in [0.29, 0.717) is 12.6 Å². The summed E-state index contributed by atoms with van der Waals surface area (Å²) >= 11 is 0. The molecule has 1 saturated heterocycles. The van der Waals surface area contributed by atoms with Gasteiger partial charge in [-0.05, 0) is 52.5 Å². The number of likely N-dealkylation sites (tertiary alicyclic amines) is 1. The molecule has 7 heteroatoms. The van der Waals surface area contributed by atoms with E-state index < -0.39 is 5.60 Å². The van der Waals surface area contributed by atoms with E-state index in [0.717, 1.165) is 38.4 Å². The van der Waals surface area contributed by atoms with Gasteiger partial charge in [0.05, 0.1) is 0 Å². The number of hydrogen-bond donors (Lipinski definition) is 2. The Morgan fingerprint density at radius 3 is 2.48 bits per heavy atom. The number of hydrogen-bond acceptors (Lipinski definition) is 4. The molecule has 27 heavy (non-hydrogen) atoms. The van der Waals surface area contributed by atoms with E-state index >= 15 is 0 Å². The average Bonchev–Trinajstić information content (AvgIpc) is 2.58. The SMILES string of the molecule is CCCN1CCC(NC(=NC)NCC(C)CN(C)C(=O)OC(C)(C)C)CC1. The number of carbonyl (C=O) groups excluding carboxylic acids is 1. The molecule has 1 rings (SSSR count). The van der Waals surface area contributed by atoms with Crippen LogP contribution in [-0.2, 0) is 4.74 Å². The third kappa shape index (κ3) is 9.84. The lowest BCUT2D eigenvalue weighted by Crippen LogP contribution is -2.49. The standard InChI is InChI=1S/C20H41N5O2/c1-8-11-25-12-9-17(10-13-25)23-18(21-6)22-14-16(2)15-24(7)19(26)27-20(3,4)5/h16-17H,8-15H2,1-7H3,(H2,21,22,23). The van der Waals surface area contributed by atoms with Crippen LogP contribution < -0.4 is 10.6 Å². The van der Waals surface area contributed by atoms with E-state index in [2.05, 4.69) is 34.4 Å². The first kappa shape index (κ1) is 23.5. The first-order valence-corrected chi connectivity index (χ1v) is 10.3. The van der Waals surface area contributed by atoms with Crippen LogP contribution in [0.2, 0.25) is 0 Å². The minimum absolute atomic E-state index is 0.282. The van der Waals surface area contributed by atoms with Crippen molar-refractivity contribution in [1.29, 1.82) is 0 Å². The van der Waals surface area contributed by atoms with Crippen LogP contribution in [0.25, 0.3) is 0 Å². The van der Waals surface area contributed by atoms with Gasteiger partial charge in [-0.1, -0.05) is 13.8 Å². The fourth-order valence-electron chi connectivity index (χ4n) is 3.22. The summed E-state index contributed by atoms with van der Waals surface area (Å²) in [7, 11) is 3.58. The molecule has 2 N–H and O–H groups in total. The molecule has 0 spiro atoms. The molecule has 0 aliphatic carbocycles. The molecule has 0 radical (unpaired) electrons. The highest BCUT2D eigenvalue weighted by Crippen LogP contribution is 2.11. The Morgan fingerprint density at radius 1 is 1.33 bits per heavy atom. The Balaban J connectivity index is 2.32. The van der Waals surface area contributed by atoms with Gasteiger partial charge in [0.1, 0.15) is 5.60 Å². The highest BCUT2D eigenvalue weighted by atomic mass is 16.6. The van der Waals surface area contributed by atoms with Gasteiger partial charge in [-0.3, -0.25) is 4.99 Å². The average molecular weight is 384 g/mol.